The van der Waals surface area contributed by atoms with E-state index in [1.54, 1.807) is 5.56 Å². The fourth-order valence-electron chi connectivity index (χ4n) is 5.55. The van der Waals surface area contributed by atoms with E-state index in [1.807, 2.05) is 0 Å². The predicted molar refractivity (Wildman–Crippen MR) is 121 cm³/mol. The summed E-state index contributed by atoms with van der Waals surface area (Å²) in [5, 5.41) is 2.80. The Bertz CT molecular complexity index is 968. The molecule has 0 unspecified atom stereocenters. The number of fused-ring (bicyclic) bond motifs is 1. The van der Waals surface area contributed by atoms with Crippen LogP contribution in [0.25, 0.3) is 23.3 Å². The maximum Gasteiger partial charge on any atom is 0 e. The molecule has 3 aliphatic rings. The molecule has 0 bridgehead atoms. The Labute approximate surface area is 194 Å². The van der Waals surface area contributed by atoms with Crippen LogP contribution < -0.4 is 10.4 Å². The third-order valence-electron chi connectivity index (χ3n) is 7.15. The van der Waals surface area contributed by atoms with Crippen LogP contribution >= 0.6 is 0 Å². The van der Waals surface area contributed by atoms with E-state index < -0.39 is 0 Å². The molecule has 0 amide bonds. The van der Waals surface area contributed by atoms with Crippen LogP contribution in [-0.4, -0.2) is 0 Å². The second kappa shape index (κ2) is 9.74. The zero-order chi connectivity index (χ0) is 18.8. The number of hydrogen-bond acceptors (Lipinski definition) is 0. The molecule has 29 heavy (non-hydrogen) atoms. The Hall–Kier alpha value is -1.20. The van der Waals surface area contributed by atoms with Crippen molar-refractivity contribution in [3.8, 4) is 11.1 Å². The maximum absolute atomic E-state index is 2.54. The van der Waals surface area contributed by atoms with Crippen LogP contribution in [0.5, 0.6) is 0 Å². The van der Waals surface area contributed by atoms with Gasteiger partial charge < -0.3 is 0 Å². The van der Waals surface area contributed by atoms with Gasteiger partial charge in [0.1, 0.15) is 0 Å². The normalized spacial score (nSPS) is 21.2. The van der Waals surface area contributed by atoms with Gasteiger partial charge in [0.25, 0.3) is 0 Å². The molecular formula is C28H32Zr. The zero-order valence-corrected chi connectivity index (χ0v) is 20.0. The molecular weight excluding hydrogens is 428 g/mol. The van der Waals surface area contributed by atoms with Gasteiger partial charge in [0.2, 0.25) is 0 Å². The summed E-state index contributed by atoms with van der Waals surface area (Å²) in [4.78, 5) is 0. The van der Waals surface area contributed by atoms with Crippen molar-refractivity contribution < 1.29 is 26.2 Å². The number of hydrogen-bond donors (Lipinski definition) is 0. The van der Waals surface area contributed by atoms with E-state index in [-0.39, 0.29) is 26.2 Å². The predicted octanol–water partition coefficient (Wildman–Crippen LogP) is 6.48. The number of rotatable bonds is 3. The van der Waals surface area contributed by atoms with Crippen molar-refractivity contribution in [3.63, 3.8) is 0 Å². The van der Waals surface area contributed by atoms with Gasteiger partial charge in [0, 0.05) is 26.2 Å². The summed E-state index contributed by atoms with van der Waals surface area (Å²) in [6.45, 7) is 0. The van der Waals surface area contributed by atoms with Crippen LogP contribution in [0.3, 0.4) is 0 Å². The van der Waals surface area contributed by atoms with Gasteiger partial charge in [-0.05, 0) is 82.4 Å². The molecule has 148 valence electrons. The van der Waals surface area contributed by atoms with Gasteiger partial charge in [0.15, 0.2) is 0 Å². The Kier molecular flexibility index (Phi) is 7.07. The molecule has 0 radical (unpaired) electrons. The molecule has 2 fully saturated rings. The molecule has 2 aromatic carbocycles. The minimum Gasteiger partial charge on any atom is -0.0741 e. The molecule has 0 saturated heterocycles. The molecule has 0 aliphatic heterocycles. The SMILES string of the molecule is C(=C1C=c2cccc(-c3ccc(C4CCCCC4)cc3)c2=C1)C1CCCCC1.[Zr]. The number of allylic oxidation sites excluding steroid dienone is 2. The van der Waals surface area contributed by atoms with Gasteiger partial charge in [0.05, 0.1) is 0 Å². The summed E-state index contributed by atoms with van der Waals surface area (Å²) >= 11 is 0. The second-order valence-corrected chi connectivity index (χ2v) is 9.12. The molecule has 0 nitrogen and oxygen atoms in total. The molecule has 1 heteroatoms. The number of benzene rings is 2. The van der Waals surface area contributed by atoms with E-state index in [0.29, 0.717) is 0 Å². The van der Waals surface area contributed by atoms with E-state index in [0.717, 1.165) is 11.8 Å². The van der Waals surface area contributed by atoms with Crippen molar-refractivity contribution in [1.82, 2.24) is 0 Å². The van der Waals surface area contributed by atoms with E-state index in [1.165, 1.54) is 91.3 Å². The fraction of sp³-hybridized carbons (Fsp3) is 0.429. The Morgan fingerprint density at radius 1 is 0.690 bits per heavy atom. The maximum atomic E-state index is 2.54. The van der Waals surface area contributed by atoms with Gasteiger partial charge in [-0.2, -0.15) is 0 Å². The van der Waals surface area contributed by atoms with Crippen LogP contribution in [0.1, 0.15) is 75.7 Å². The monoisotopic (exact) mass is 458 g/mol. The largest absolute Gasteiger partial charge is 0.0741 e. The first-order valence-corrected chi connectivity index (χ1v) is 11.5. The smallest absolute Gasteiger partial charge is 0 e. The molecule has 0 atom stereocenters. The Balaban J connectivity index is 0.00000205. The summed E-state index contributed by atoms with van der Waals surface area (Å²) in [5.41, 5.74) is 5.72. The van der Waals surface area contributed by atoms with Crippen LogP contribution in [0.15, 0.2) is 54.1 Å². The van der Waals surface area contributed by atoms with Crippen molar-refractivity contribution in [2.24, 2.45) is 5.92 Å². The van der Waals surface area contributed by atoms with Crippen molar-refractivity contribution in [1.29, 1.82) is 0 Å². The molecule has 5 rings (SSSR count). The fourth-order valence-corrected chi connectivity index (χ4v) is 5.55. The molecule has 0 heterocycles. The molecule has 3 aliphatic carbocycles. The van der Waals surface area contributed by atoms with Crippen molar-refractivity contribution in [3.05, 3.63) is 70.1 Å². The van der Waals surface area contributed by atoms with Crippen molar-refractivity contribution in [2.45, 2.75) is 70.1 Å². The van der Waals surface area contributed by atoms with E-state index in [4.69, 9.17) is 0 Å². The molecule has 2 saturated carbocycles. The quantitative estimate of drug-likeness (QED) is 0.493. The molecule has 0 aromatic heterocycles. The van der Waals surface area contributed by atoms with E-state index in [9.17, 15) is 0 Å². The minimum absolute atomic E-state index is 0. The van der Waals surface area contributed by atoms with Gasteiger partial charge in [-0.25, -0.2) is 0 Å². The first-order valence-electron chi connectivity index (χ1n) is 11.5. The van der Waals surface area contributed by atoms with Crippen molar-refractivity contribution >= 4 is 12.2 Å². The molecule has 0 N–H and O–H groups in total. The van der Waals surface area contributed by atoms with Crippen molar-refractivity contribution in [2.75, 3.05) is 0 Å². The first-order chi connectivity index (χ1) is 13.9. The molecule has 2 aromatic rings. The Morgan fingerprint density at radius 2 is 1.38 bits per heavy atom. The van der Waals surface area contributed by atoms with E-state index in [2.05, 4.69) is 60.7 Å². The summed E-state index contributed by atoms with van der Waals surface area (Å²) < 4.78 is 0. The second-order valence-electron chi connectivity index (χ2n) is 9.12. The molecule has 0 spiro atoms. The third-order valence-corrected chi connectivity index (χ3v) is 7.15. The average Bonchev–Trinajstić information content (AvgIpc) is 3.18. The van der Waals surface area contributed by atoms with E-state index >= 15 is 0 Å². The van der Waals surface area contributed by atoms with Gasteiger partial charge in [-0.1, -0.05) is 87.1 Å². The van der Waals surface area contributed by atoms with Crippen LogP contribution in [-0.2, 0) is 26.2 Å². The summed E-state index contributed by atoms with van der Waals surface area (Å²) in [5.74, 6) is 1.57. The Morgan fingerprint density at radius 3 is 2.10 bits per heavy atom. The van der Waals surface area contributed by atoms with Crippen LogP contribution in [0, 0.1) is 5.92 Å². The van der Waals surface area contributed by atoms with Crippen LogP contribution in [0.2, 0.25) is 0 Å². The summed E-state index contributed by atoms with van der Waals surface area (Å²) in [6.07, 6.45) is 21.3. The summed E-state index contributed by atoms with van der Waals surface area (Å²) in [7, 11) is 0. The van der Waals surface area contributed by atoms with Crippen LogP contribution in [0.4, 0.5) is 0 Å². The first kappa shape index (κ1) is 21.1. The van der Waals surface area contributed by atoms with Gasteiger partial charge in [-0.15, -0.1) is 0 Å². The average molecular weight is 460 g/mol. The minimum atomic E-state index is 0. The zero-order valence-electron chi connectivity index (χ0n) is 17.5. The van der Waals surface area contributed by atoms with Gasteiger partial charge >= 0.3 is 0 Å². The summed E-state index contributed by atoms with van der Waals surface area (Å²) in [6, 6.07) is 16.3. The topological polar surface area (TPSA) is 0 Å². The third kappa shape index (κ3) is 4.77. The van der Waals surface area contributed by atoms with Gasteiger partial charge in [-0.3, -0.25) is 0 Å². The standard InChI is InChI=1S/C28H32.Zr/c1-3-8-21(9-4-1)18-22-19-26-12-7-13-27(28(26)20-22)25-16-14-24(15-17-25)23-10-5-2-6-11-23;/h7,12-21,23H,1-6,8-11H2;.